The summed E-state index contributed by atoms with van der Waals surface area (Å²) >= 11 is 0. The van der Waals surface area contributed by atoms with Crippen LogP contribution >= 0.6 is 0 Å². The second-order valence-corrected chi connectivity index (χ2v) is 10.2. The molecule has 1 aliphatic heterocycles. The zero-order chi connectivity index (χ0) is 28.8. The van der Waals surface area contributed by atoms with E-state index in [2.05, 4.69) is 55.4 Å². The molecule has 1 heterocycles. The zero-order valence-corrected chi connectivity index (χ0v) is 24.3. The molecule has 1 aliphatic rings. The minimum absolute atomic E-state index is 0.498. The lowest BCUT2D eigenvalue weighted by Gasteiger charge is -2.00. The van der Waals surface area contributed by atoms with Crippen molar-refractivity contribution in [2.24, 2.45) is 17.8 Å². The van der Waals surface area contributed by atoms with E-state index in [0.717, 1.165) is 29.3 Å². The largest absolute Gasteiger partial charge is 0.491 e. The highest BCUT2D eigenvalue weighted by atomic mass is 16.5. The lowest BCUT2D eigenvalue weighted by Crippen LogP contribution is -2.29. The Hall–Kier alpha value is -1.61. The lowest BCUT2D eigenvalue weighted by molar-refractivity contribution is 0.275. The van der Waals surface area contributed by atoms with E-state index >= 15 is 0 Å². The van der Waals surface area contributed by atoms with Crippen molar-refractivity contribution >= 4 is 32.3 Å². The molecule has 37 heavy (non-hydrogen) atoms. The molecule has 3 rings (SSSR count). The van der Waals surface area contributed by atoms with E-state index in [1.807, 2.05) is 30.3 Å². The fraction of sp³-hybridized carbons (Fsp3) is 0.571. The molecule has 0 atom stereocenters. The van der Waals surface area contributed by atoms with Gasteiger partial charge in [-0.2, -0.15) is 0 Å². The average molecular weight is 516 g/mol. The van der Waals surface area contributed by atoms with Crippen molar-refractivity contribution in [1.82, 2.24) is 0 Å². The van der Waals surface area contributed by atoms with Crippen LogP contribution in [0.3, 0.4) is 0 Å². The lowest BCUT2D eigenvalue weighted by atomic mass is 9.80. The Morgan fingerprint density at radius 3 is 1.54 bits per heavy atom. The minimum Gasteiger partial charge on any atom is -0.427 e. The number of benzene rings is 2. The molecule has 9 heteroatoms. The predicted octanol–water partition coefficient (Wildman–Crippen LogP) is 3.88. The van der Waals surface area contributed by atoms with Crippen molar-refractivity contribution in [3.8, 4) is 0 Å². The molecule has 0 aliphatic carbocycles. The van der Waals surface area contributed by atoms with Gasteiger partial charge in [-0.1, -0.05) is 129 Å². The van der Waals surface area contributed by atoms with Crippen LogP contribution in [0.5, 0.6) is 0 Å². The van der Waals surface area contributed by atoms with Gasteiger partial charge in [0.05, 0.1) is 6.61 Å². The van der Waals surface area contributed by atoms with Gasteiger partial charge in [-0.25, -0.2) is 0 Å². The van der Waals surface area contributed by atoms with Gasteiger partial charge in [0.15, 0.2) is 0 Å². The molecular weight excluding hydrogens is 465 g/mol. The quantitative estimate of drug-likeness (QED) is 0.373. The van der Waals surface area contributed by atoms with Crippen LogP contribution in [0.25, 0.3) is 0 Å². The smallest absolute Gasteiger partial charge is 0.427 e. The third kappa shape index (κ3) is 23.3. The second-order valence-electron chi connectivity index (χ2n) is 10.2. The normalized spacial score (nSPS) is 11.2. The van der Waals surface area contributed by atoms with Crippen molar-refractivity contribution < 1.29 is 29.8 Å². The fourth-order valence-electron chi connectivity index (χ4n) is 2.27. The molecule has 0 radical (unpaired) electrons. The molecule has 0 fully saturated rings. The Bertz CT molecular complexity index is 743. The van der Waals surface area contributed by atoms with E-state index in [0.29, 0.717) is 24.3 Å². The topological polar surface area (TPSA) is 110 Å². The van der Waals surface area contributed by atoms with Gasteiger partial charge in [0.1, 0.15) is 0 Å². The first-order chi connectivity index (χ1) is 17.3. The van der Waals surface area contributed by atoms with E-state index in [4.69, 9.17) is 29.8 Å². The van der Waals surface area contributed by atoms with Crippen molar-refractivity contribution in [3.05, 3.63) is 60.2 Å². The Morgan fingerprint density at radius 2 is 1.22 bits per heavy atom. The van der Waals surface area contributed by atoms with Gasteiger partial charge in [-0.05, 0) is 40.6 Å². The summed E-state index contributed by atoms with van der Waals surface area (Å²) in [6, 6.07) is 16.3. The molecule has 2 aromatic rings. The first kappa shape index (κ1) is 37.5. The average Bonchev–Trinajstić information content (AvgIpc) is 3.25. The third-order valence-electron chi connectivity index (χ3n) is 5.45. The van der Waals surface area contributed by atoms with Crippen LogP contribution in [0.1, 0.15) is 80.2 Å². The molecule has 208 valence electrons. The van der Waals surface area contributed by atoms with Crippen molar-refractivity contribution in [2.45, 2.75) is 87.6 Å². The Kier molecular flexibility index (Phi) is 23.9. The van der Waals surface area contributed by atoms with Gasteiger partial charge < -0.3 is 29.8 Å². The molecule has 0 spiro atoms. The minimum atomic E-state index is -1.34. The monoisotopic (exact) mass is 516 g/mol. The molecule has 2 aromatic carbocycles. The van der Waals surface area contributed by atoms with E-state index in [9.17, 15) is 0 Å². The maximum Gasteiger partial charge on any atom is 0.491 e. The van der Waals surface area contributed by atoms with Crippen LogP contribution < -0.4 is 10.9 Å². The second kappa shape index (κ2) is 23.5. The van der Waals surface area contributed by atoms with Gasteiger partial charge in [0, 0.05) is 0 Å². The van der Waals surface area contributed by atoms with E-state index in [-0.39, 0.29) is 0 Å². The van der Waals surface area contributed by atoms with Crippen LogP contribution in [-0.4, -0.2) is 46.5 Å². The van der Waals surface area contributed by atoms with Gasteiger partial charge in [-0.15, -0.1) is 0 Å². The van der Waals surface area contributed by atoms with E-state index < -0.39 is 21.4 Å². The van der Waals surface area contributed by atoms with Gasteiger partial charge in [-0.3, -0.25) is 0 Å². The van der Waals surface area contributed by atoms with Crippen molar-refractivity contribution in [3.63, 3.8) is 0 Å². The van der Waals surface area contributed by atoms with Crippen LogP contribution in [0.4, 0.5) is 0 Å². The summed E-state index contributed by atoms with van der Waals surface area (Å²) in [4.78, 5) is 0. The molecule has 0 bridgehead atoms. The van der Waals surface area contributed by atoms with Crippen LogP contribution in [0.2, 0.25) is 6.32 Å². The maximum absolute atomic E-state index is 9.16. The van der Waals surface area contributed by atoms with Gasteiger partial charge in [0.2, 0.25) is 0 Å². The highest BCUT2D eigenvalue weighted by Gasteiger charge is 2.25. The molecule has 0 aromatic heterocycles. The van der Waals surface area contributed by atoms with Crippen LogP contribution in [-0.2, 0) is 11.3 Å². The van der Waals surface area contributed by atoms with Crippen LogP contribution in [0.15, 0.2) is 54.6 Å². The first-order valence-corrected chi connectivity index (χ1v) is 13.5. The molecule has 6 nitrogen and oxygen atoms in total. The summed E-state index contributed by atoms with van der Waals surface area (Å²) in [5.74, 6) is 2.33. The fourth-order valence-corrected chi connectivity index (χ4v) is 2.27. The number of rotatable bonds is 6. The summed E-state index contributed by atoms with van der Waals surface area (Å²) in [5.41, 5.74) is 2.52. The maximum atomic E-state index is 9.16. The third-order valence-corrected chi connectivity index (χ3v) is 5.45. The van der Waals surface area contributed by atoms with Crippen LogP contribution in [0, 0.1) is 17.8 Å². The Balaban J connectivity index is 0. The molecule has 0 unspecified atom stereocenters. The molecule has 0 saturated heterocycles. The molecule has 5 N–H and O–H groups in total. The summed E-state index contributed by atoms with van der Waals surface area (Å²) in [6.45, 7) is 17.9. The Labute approximate surface area is 227 Å². The van der Waals surface area contributed by atoms with Crippen molar-refractivity contribution in [2.75, 3.05) is 0 Å². The summed E-state index contributed by atoms with van der Waals surface area (Å²) in [5, 5.41) is 43.0. The highest BCUT2D eigenvalue weighted by Crippen LogP contribution is 2.07. The van der Waals surface area contributed by atoms with E-state index in [1.54, 1.807) is 24.3 Å². The zero-order valence-electron chi connectivity index (χ0n) is 24.3. The molecular formula is C28H51B3O6. The summed E-state index contributed by atoms with van der Waals surface area (Å²) in [7, 11) is -3.15. The predicted molar refractivity (Wildman–Crippen MR) is 160 cm³/mol. The standard InChI is InChI=1S/C7H7BO2.C6H7BO2.C5H13BO2.2C5H12/c9-8-7-4-2-1-3-6(7)5-10-8;8-7(9)6-4-2-1-3-5-6;1-5(2)3-4-6(7)8;2*1-4-5(2)3/h1-4,9H,5H2;1-5,8-9H;5,7-8H,3-4H2,1-2H3;2*5H,4H2,1-3H3. The number of hydrogen-bond donors (Lipinski definition) is 5. The highest BCUT2D eigenvalue weighted by molar-refractivity contribution is 6.61. The SMILES string of the molecule is CC(C)CCB(O)O.CCC(C)C.CCC(C)C.OB(O)c1ccccc1.OB1OCc2ccccc21. The number of fused-ring (bicyclic) bond motifs is 1. The van der Waals surface area contributed by atoms with Gasteiger partial charge in [0.25, 0.3) is 0 Å². The Morgan fingerprint density at radius 1 is 0.757 bits per heavy atom. The van der Waals surface area contributed by atoms with E-state index in [1.165, 1.54) is 12.8 Å². The van der Waals surface area contributed by atoms with Crippen molar-refractivity contribution in [1.29, 1.82) is 0 Å². The summed E-state index contributed by atoms with van der Waals surface area (Å²) in [6.07, 6.45) is 4.00. The summed E-state index contributed by atoms with van der Waals surface area (Å²) < 4.78 is 4.98. The molecule has 0 saturated carbocycles. The number of hydrogen-bond acceptors (Lipinski definition) is 6. The molecule has 0 amide bonds. The van der Waals surface area contributed by atoms with Gasteiger partial charge >= 0.3 is 21.4 Å². The first-order valence-electron chi connectivity index (χ1n) is 13.5.